The van der Waals surface area contributed by atoms with Crippen LogP contribution in [0.3, 0.4) is 0 Å². The summed E-state index contributed by atoms with van der Waals surface area (Å²) in [4.78, 5) is 22.7. The third-order valence-corrected chi connectivity index (χ3v) is 2.22. The molecular weight excluding hydrogens is 248 g/mol. The Morgan fingerprint density at radius 2 is 1.68 bits per heavy atom. The molecule has 0 atom stereocenters. The fraction of sp³-hybridized carbons (Fsp3) is 0.286. The lowest BCUT2D eigenvalue weighted by Gasteiger charge is -2.06. The molecule has 0 N–H and O–H groups in total. The summed E-state index contributed by atoms with van der Waals surface area (Å²) in [5.74, 6) is -0.318. The molecule has 1 rings (SSSR count). The summed E-state index contributed by atoms with van der Waals surface area (Å²) in [6.45, 7) is 5.00. The van der Waals surface area contributed by atoms with Crippen molar-refractivity contribution in [3.63, 3.8) is 0 Å². The number of hydrogen-bond donors (Lipinski definition) is 0. The van der Waals surface area contributed by atoms with Gasteiger partial charge in [0.2, 0.25) is 0 Å². The molecule has 1 aromatic carbocycles. The quantitative estimate of drug-likeness (QED) is 0.446. The highest BCUT2D eigenvalue weighted by molar-refractivity contribution is 5.89. The van der Waals surface area contributed by atoms with Crippen LogP contribution in [0.2, 0.25) is 0 Å². The number of benzene rings is 1. The maximum Gasteiger partial charge on any atom is 0.338 e. The second kappa shape index (κ2) is 7.20. The van der Waals surface area contributed by atoms with E-state index in [1.807, 2.05) is 0 Å². The fourth-order valence-electron chi connectivity index (χ4n) is 1.20. The van der Waals surface area contributed by atoms with Gasteiger partial charge in [-0.2, -0.15) is 0 Å². The molecule has 0 unspecified atom stereocenters. The van der Waals surface area contributed by atoms with E-state index >= 15 is 0 Å². The van der Waals surface area contributed by atoms with E-state index in [2.05, 4.69) is 6.58 Å². The van der Waals surface area contributed by atoms with Crippen molar-refractivity contribution in [3.05, 3.63) is 42.0 Å². The minimum atomic E-state index is -0.500. The smallest absolute Gasteiger partial charge is 0.338 e. The monoisotopic (exact) mass is 264 g/mol. The Kier molecular flexibility index (Phi) is 5.60. The van der Waals surface area contributed by atoms with Crippen LogP contribution < -0.4 is 4.74 Å². The van der Waals surface area contributed by atoms with Gasteiger partial charge in [-0.25, -0.2) is 9.59 Å². The van der Waals surface area contributed by atoms with Crippen molar-refractivity contribution in [2.75, 3.05) is 20.3 Å². The Bertz CT molecular complexity index is 461. The number of esters is 2. The van der Waals surface area contributed by atoms with E-state index in [1.165, 1.54) is 0 Å². The van der Waals surface area contributed by atoms with E-state index in [9.17, 15) is 9.59 Å². The second-order valence-corrected chi connectivity index (χ2v) is 3.78. The van der Waals surface area contributed by atoms with E-state index < -0.39 is 11.9 Å². The number of carbonyl (C=O) groups is 2. The fourth-order valence-corrected chi connectivity index (χ4v) is 1.20. The molecule has 0 bridgehead atoms. The Morgan fingerprint density at radius 3 is 2.21 bits per heavy atom. The Labute approximate surface area is 111 Å². The van der Waals surface area contributed by atoms with Crippen molar-refractivity contribution >= 4 is 11.9 Å². The number of ether oxygens (including phenoxy) is 3. The first kappa shape index (κ1) is 14.8. The van der Waals surface area contributed by atoms with Gasteiger partial charge in [0.05, 0.1) is 12.7 Å². The van der Waals surface area contributed by atoms with Gasteiger partial charge < -0.3 is 14.2 Å². The lowest BCUT2D eigenvalue weighted by Crippen LogP contribution is -2.14. The minimum Gasteiger partial charge on any atom is -0.497 e. The minimum absolute atomic E-state index is 0.00385. The topological polar surface area (TPSA) is 61.8 Å². The lowest BCUT2D eigenvalue weighted by molar-refractivity contribution is -0.140. The van der Waals surface area contributed by atoms with Gasteiger partial charge in [0, 0.05) is 5.57 Å². The zero-order valence-corrected chi connectivity index (χ0v) is 11.0. The van der Waals surface area contributed by atoms with Crippen LogP contribution in [-0.4, -0.2) is 32.3 Å². The molecule has 0 aliphatic rings. The van der Waals surface area contributed by atoms with Gasteiger partial charge in [-0.3, -0.25) is 0 Å². The largest absolute Gasteiger partial charge is 0.497 e. The second-order valence-electron chi connectivity index (χ2n) is 3.78. The van der Waals surface area contributed by atoms with Gasteiger partial charge in [-0.05, 0) is 31.2 Å². The van der Waals surface area contributed by atoms with Crippen molar-refractivity contribution in [2.45, 2.75) is 6.92 Å². The summed E-state index contributed by atoms with van der Waals surface area (Å²) in [6.07, 6.45) is 0. The molecule has 0 saturated heterocycles. The highest BCUT2D eigenvalue weighted by atomic mass is 16.6. The summed E-state index contributed by atoms with van der Waals surface area (Å²) in [5.41, 5.74) is 0.716. The van der Waals surface area contributed by atoms with Gasteiger partial charge in [0.15, 0.2) is 0 Å². The molecule has 0 spiro atoms. The van der Waals surface area contributed by atoms with Gasteiger partial charge in [0.1, 0.15) is 19.0 Å². The van der Waals surface area contributed by atoms with Gasteiger partial charge in [-0.1, -0.05) is 6.58 Å². The average Bonchev–Trinajstić information content (AvgIpc) is 2.43. The van der Waals surface area contributed by atoms with Crippen LogP contribution in [-0.2, 0) is 14.3 Å². The van der Waals surface area contributed by atoms with E-state index in [4.69, 9.17) is 14.2 Å². The van der Waals surface area contributed by atoms with Crippen molar-refractivity contribution in [3.8, 4) is 5.75 Å². The first-order valence-corrected chi connectivity index (χ1v) is 5.68. The van der Waals surface area contributed by atoms with Gasteiger partial charge in [-0.15, -0.1) is 0 Å². The van der Waals surface area contributed by atoms with Crippen LogP contribution in [0.1, 0.15) is 17.3 Å². The predicted molar refractivity (Wildman–Crippen MR) is 69.0 cm³/mol. The summed E-state index contributed by atoms with van der Waals surface area (Å²) in [5, 5.41) is 0. The van der Waals surface area contributed by atoms with Crippen LogP contribution >= 0.6 is 0 Å². The molecule has 19 heavy (non-hydrogen) atoms. The zero-order chi connectivity index (χ0) is 14.3. The van der Waals surface area contributed by atoms with Crippen molar-refractivity contribution < 1.29 is 23.8 Å². The predicted octanol–water partition coefficient (Wildman–Crippen LogP) is 1.97. The molecule has 0 saturated carbocycles. The Balaban J connectivity index is 2.34. The standard InChI is InChI=1S/C14H16O5/c1-10(2)13(15)18-8-9-19-14(16)11-4-6-12(17-3)7-5-11/h4-7H,1,8-9H2,2-3H3. The van der Waals surface area contributed by atoms with E-state index in [0.29, 0.717) is 16.9 Å². The molecule has 0 aliphatic heterocycles. The summed E-state index contributed by atoms with van der Waals surface area (Å²) >= 11 is 0. The molecule has 102 valence electrons. The molecule has 0 aromatic heterocycles. The Morgan fingerprint density at radius 1 is 1.11 bits per heavy atom. The molecule has 0 radical (unpaired) electrons. The van der Waals surface area contributed by atoms with Crippen LogP contribution in [0.15, 0.2) is 36.4 Å². The maximum atomic E-state index is 11.6. The van der Waals surface area contributed by atoms with Crippen molar-refractivity contribution in [2.24, 2.45) is 0 Å². The van der Waals surface area contributed by atoms with E-state index in [-0.39, 0.29) is 13.2 Å². The first-order chi connectivity index (χ1) is 9.04. The molecule has 5 nitrogen and oxygen atoms in total. The molecule has 0 aliphatic carbocycles. The average molecular weight is 264 g/mol. The van der Waals surface area contributed by atoms with Crippen LogP contribution in [0.5, 0.6) is 5.75 Å². The first-order valence-electron chi connectivity index (χ1n) is 5.68. The number of methoxy groups -OCH3 is 1. The maximum absolute atomic E-state index is 11.6. The summed E-state index contributed by atoms with van der Waals surface area (Å²) in [6, 6.07) is 6.53. The normalized spacial score (nSPS) is 9.58. The van der Waals surface area contributed by atoms with Crippen molar-refractivity contribution in [1.82, 2.24) is 0 Å². The van der Waals surface area contributed by atoms with Crippen LogP contribution in [0.4, 0.5) is 0 Å². The highest BCUT2D eigenvalue weighted by Crippen LogP contribution is 2.11. The molecular formula is C14H16O5. The number of hydrogen-bond acceptors (Lipinski definition) is 5. The molecule has 0 heterocycles. The number of rotatable bonds is 6. The summed E-state index contributed by atoms with van der Waals surface area (Å²) < 4.78 is 14.7. The lowest BCUT2D eigenvalue weighted by atomic mass is 10.2. The third-order valence-electron chi connectivity index (χ3n) is 2.22. The Hall–Kier alpha value is -2.30. The zero-order valence-electron chi connectivity index (χ0n) is 11.0. The van der Waals surface area contributed by atoms with E-state index in [1.54, 1.807) is 38.3 Å². The molecule has 1 aromatic rings. The van der Waals surface area contributed by atoms with Crippen molar-refractivity contribution in [1.29, 1.82) is 0 Å². The summed E-state index contributed by atoms with van der Waals surface area (Å²) in [7, 11) is 1.54. The van der Waals surface area contributed by atoms with E-state index in [0.717, 1.165) is 0 Å². The molecule has 0 fully saturated rings. The highest BCUT2D eigenvalue weighted by Gasteiger charge is 2.08. The van der Waals surface area contributed by atoms with Crippen LogP contribution in [0.25, 0.3) is 0 Å². The molecule has 0 amide bonds. The molecule has 5 heteroatoms. The third kappa shape index (κ3) is 4.83. The van der Waals surface area contributed by atoms with Crippen LogP contribution in [0, 0.1) is 0 Å². The number of carbonyl (C=O) groups excluding carboxylic acids is 2. The van der Waals surface area contributed by atoms with Gasteiger partial charge >= 0.3 is 11.9 Å². The van der Waals surface area contributed by atoms with Gasteiger partial charge in [0.25, 0.3) is 0 Å². The SMILES string of the molecule is C=C(C)C(=O)OCCOC(=O)c1ccc(OC)cc1.